The third-order valence-corrected chi connectivity index (χ3v) is 6.20. The topological polar surface area (TPSA) is 62.6 Å². The summed E-state index contributed by atoms with van der Waals surface area (Å²) in [6.07, 6.45) is 2.19. The first kappa shape index (κ1) is 21.1. The fourth-order valence-electron chi connectivity index (χ4n) is 2.83. The van der Waals surface area contributed by atoms with Crippen molar-refractivity contribution in [3.8, 4) is 0 Å². The number of carbonyl (C=O) groups is 1. The van der Waals surface area contributed by atoms with E-state index in [0.717, 1.165) is 21.9 Å². The lowest BCUT2D eigenvalue weighted by Gasteiger charge is -2.23. The summed E-state index contributed by atoms with van der Waals surface area (Å²) >= 11 is 0. The van der Waals surface area contributed by atoms with Gasteiger partial charge in [0.2, 0.25) is 10.0 Å². The van der Waals surface area contributed by atoms with Crippen LogP contribution in [0.15, 0.2) is 35.4 Å². The van der Waals surface area contributed by atoms with Crippen molar-refractivity contribution in [1.82, 2.24) is 13.8 Å². The van der Waals surface area contributed by atoms with E-state index in [0.29, 0.717) is 18.8 Å². The van der Waals surface area contributed by atoms with Crippen LogP contribution in [0, 0.1) is 12.7 Å². The molecule has 0 fully saturated rings. The smallest absolute Gasteiger partial charge is 0.270 e. The van der Waals surface area contributed by atoms with Gasteiger partial charge < -0.3 is 9.47 Å². The Morgan fingerprint density at radius 2 is 1.89 bits per heavy atom. The quantitative estimate of drug-likeness (QED) is 0.724. The Hall–Kier alpha value is -2.19. The molecule has 0 aliphatic carbocycles. The summed E-state index contributed by atoms with van der Waals surface area (Å²) in [6.45, 7) is 4.61. The van der Waals surface area contributed by atoms with Crippen molar-refractivity contribution in [3.63, 3.8) is 0 Å². The molecule has 0 bridgehead atoms. The van der Waals surface area contributed by atoms with Crippen molar-refractivity contribution in [1.29, 1.82) is 0 Å². The third kappa shape index (κ3) is 4.56. The van der Waals surface area contributed by atoms with E-state index in [4.69, 9.17) is 0 Å². The first-order valence-electron chi connectivity index (χ1n) is 8.71. The highest BCUT2D eigenvalue weighted by atomic mass is 32.2. The molecular formula is C19H26FN3O3S. The highest BCUT2D eigenvalue weighted by Gasteiger charge is 2.25. The molecule has 0 saturated carbocycles. The molecule has 0 aliphatic rings. The number of sulfonamides is 1. The van der Waals surface area contributed by atoms with Gasteiger partial charge in [-0.25, -0.2) is 17.1 Å². The van der Waals surface area contributed by atoms with Crippen molar-refractivity contribution in [2.75, 3.05) is 20.6 Å². The van der Waals surface area contributed by atoms with Crippen LogP contribution >= 0.6 is 0 Å². The Labute approximate surface area is 160 Å². The number of halogens is 1. The number of rotatable bonds is 7. The number of aromatic nitrogens is 1. The lowest BCUT2D eigenvalue weighted by atomic mass is 10.1. The van der Waals surface area contributed by atoms with Gasteiger partial charge in [0.05, 0.1) is 0 Å². The molecule has 27 heavy (non-hydrogen) atoms. The van der Waals surface area contributed by atoms with Gasteiger partial charge in [-0.3, -0.25) is 4.79 Å². The monoisotopic (exact) mass is 395 g/mol. The van der Waals surface area contributed by atoms with E-state index in [2.05, 4.69) is 0 Å². The number of carbonyl (C=O) groups excluding carboxylic acids is 1. The van der Waals surface area contributed by atoms with E-state index in [1.54, 1.807) is 24.9 Å². The molecule has 148 valence electrons. The van der Waals surface area contributed by atoms with Gasteiger partial charge in [0.1, 0.15) is 16.4 Å². The van der Waals surface area contributed by atoms with Gasteiger partial charge in [0.15, 0.2) is 0 Å². The largest absolute Gasteiger partial charge is 0.345 e. The molecule has 1 aromatic heterocycles. The fourth-order valence-corrected chi connectivity index (χ4v) is 3.80. The zero-order chi connectivity index (χ0) is 20.4. The fraction of sp³-hybridized carbons (Fsp3) is 0.421. The summed E-state index contributed by atoms with van der Waals surface area (Å²) < 4.78 is 40.7. The SMILES string of the molecule is CCCN(Cc1ccc(F)cc1C)C(=O)c1cc(S(=O)(=O)N(C)C)cn1C. The zero-order valence-electron chi connectivity index (χ0n) is 16.4. The Kier molecular flexibility index (Phi) is 6.43. The standard InChI is InChI=1S/C19H26FN3O3S/c1-6-9-23(12-15-7-8-16(20)10-14(15)2)19(24)18-11-17(13-22(18)5)27(25,26)21(3)4/h7-8,10-11,13H,6,9,12H2,1-5H3. The van der Waals surface area contributed by atoms with Crippen LogP contribution in [0.2, 0.25) is 0 Å². The average Bonchev–Trinajstić information content (AvgIpc) is 2.98. The molecule has 0 radical (unpaired) electrons. The summed E-state index contributed by atoms with van der Waals surface area (Å²) in [6, 6.07) is 5.89. The number of aryl methyl sites for hydroxylation is 2. The van der Waals surface area contributed by atoms with Crippen LogP contribution in [0.1, 0.15) is 35.0 Å². The lowest BCUT2D eigenvalue weighted by molar-refractivity contribution is 0.0733. The number of benzene rings is 1. The minimum absolute atomic E-state index is 0.0766. The summed E-state index contributed by atoms with van der Waals surface area (Å²) in [5, 5.41) is 0. The van der Waals surface area contributed by atoms with Crippen molar-refractivity contribution in [2.24, 2.45) is 7.05 Å². The van der Waals surface area contributed by atoms with Crippen LogP contribution in [0.5, 0.6) is 0 Å². The van der Waals surface area contributed by atoms with E-state index < -0.39 is 10.0 Å². The van der Waals surface area contributed by atoms with Gasteiger partial charge in [-0.2, -0.15) is 0 Å². The summed E-state index contributed by atoms with van der Waals surface area (Å²) in [5.74, 6) is -0.575. The van der Waals surface area contributed by atoms with E-state index >= 15 is 0 Å². The van der Waals surface area contributed by atoms with E-state index in [1.807, 2.05) is 6.92 Å². The first-order chi connectivity index (χ1) is 12.6. The molecule has 1 amide bonds. The molecule has 2 aromatic rings. The maximum absolute atomic E-state index is 13.3. The van der Waals surface area contributed by atoms with Crippen molar-refractivity contribution < 1.29 is 17.6 Å². The van der Waals surface area contributed by atoms with Crippen molar-refractivity contribution in [3.05, 3.63) is 53.1 Å². The molecule has 1 aromatic carbocycles. The van der Waals surface area contributed by atoms with Crippen LogP contribution in [-0.2, 0) is 23.6 Å². The van der Waals surface area contributed by atoms with Gasteiger partial charge in [0.25, 0.3) is 5.91 Å². The Morgan fingerprint density at radius 3 is 2.44 bits per heavy atom. The normalized spacial score (nSPS) is 11.8. The van der Waals surface area contributed by atoms with Gasteiger partial charge in [-0.1, -0.05) is 13.0 Å². The second-order valence-corrected chi connectivity index (χ2v) is 8.91. The number of nitrogens with zero attached hydrogens (tertiary/aromatic N) is 3. The molecule has 6 nitrogen and oxygen atoms in total. The van der Waals surface area contributed by atoms with E-state index in [9.17, 15) is 17.6 Å². The van der Waals surface area contributed by atoms with Crippen molar-refractivity contribution >= 4 is 15.9 Å². The highest BCUT2D eigenvalue weighted by Crippen LogP contribution is 2.20. The molecule has 0 aliphatic heterocycles. The van der Waals surface area contributed by atoms with Crippen LogP contribution in [0.4, 0.5) is 4.39 Å². The van der Waals surface area contributed by atoms with Gasteiger partial charge in [0, 0.05) is 40.4 Å². The molecule has 0 atom stereocenters. The Morgan fingerprint density at radius 1 is 1.22 bits per heavy atom. The van der Waals surface area contributed by atoms with E-state index in [-0.39, 0.29) is 16.6 Å². The first-order valence-corrected chi connectivity index (χ1v) is 10.1. The highest BCUT2D eigenvalue weighted by molar-refractivity contribution is 7.89. The summed E-state index contributed by atoms with van der Waals surface area (Å²) in [5.41, 5.74) is 1.92. The molecule has 0 spiro atoms. The third-order valence-electron chi connectivity index (χ3n) is 4.42. The number of amides is 1. The minimum atomic E-state index is -3.62. The summed E-state index contributed by atoms with van der Waals surface area (Å²) in [4.78, 5) is 14.8. The van der Waals surface area contributed by atoms with Crippen molar-refractivity contribution in [2.45, 2.75) is 31.7 Å². The molecule has 8 heteroatoms. The molecule has 0 saturated heterocycles. The number of hydrogen-bond donors (Lipinski definition) is 0. The van der Waals surface area contributed by atoms with Gasteiger partial charge in [-0.05, 0) is 42.7 Å². The number of hydrogen-bond acceptors (Lipinski definition) is 3. The molecule has 0 unspecified atom stereocenters. The zero-order valence-corrected chi connectivity index (χ0v) is 17.2. The van der Waals surface area contributed by atoms with Crippen LogP contribution < -0.4 is 0 Å². The van der Waals surface area contributed by atoms with Gasteiger partial charge >= 0.3 is 0 Å². The van der Waals surface area contributed by atoms with Crippen LogP contribution in [-0.4, -0.2) is 48.7 Å². The lowest BCUT2D eigenvalue weighted by Crippen LogP contribution is -2.32. The molecule has 1 heterocycles. The Bertz CT molecular complexity index is 936. The average molecular weight is 396 g/mol. The minimum Gasteiger partial charge on any atom is -0.345 e. The second kappa shape index (κ2) is 8.22. The molecule has 2 rings (SSSR count). The maximum Gasteiger partial charge on any atom is 0.270 e. The van der Waals surface area contributed by atoms with Crippen LogP contribution in [0.25, 0.3) is 0 Å². The Balaban J connectivity index is 2.36. The second-order valence-electron chi connectivity index (χ2n) is 6.76. The van der Waals surface area contributed by atoms with E-state index in [1.165, 1.54) is 43.1 Å². The van der Waals surface area contributed by atoms with Crippen LogP contribution in [0.3, 0.4) is 0 Å². The van der Waals surface area contributed by atoms with Gasteiger partial charge in [-0.15, -0.1) is 0 Å². The molecular weight excluding hydrogens is 369 g/mol. The predicted molar refractivity (Wildman–Crippen MR) is 102 cm³/mol. The molecule has 0 N–H and O–H groups in total. The summed E-state index contributed by atoms with van der Waals surface area (Å²) in [7, 11) is 0.926. The maximum atomic E-state index is 13.3. The predicted octanol–water partition coefficient (Wildman–Crippen LogP) is 2.78.